The highest BCUT2D eigenvalue weighted by molar-refractivity contribution is 5.02. The van der Waals surface area contributed by atoms with Crippen molar-refractivity contribution >= 4 is 0 Å². The third kappa shape index (κ3) is 2.65. The number of aliphatic hydroxyl groups is 1. The molecular formula is C7H12O. The molecule has 0 aromatic carbocycles. The average Bonchev–Trinajstić information content (AvgIpc) is 1.67. The van der Waals surface area contributed by atoms with E-state index in [4.69, 9.17) is 5.11 Å². The molecule has 1 atom stereocenters. The maximum absolute atomic E-state index is 8.95. The molecule has 0 heterocycles. The van der Waals surface area contributed by atoms with E-state index in [1.54, 1.807) is 6.92 Å². The van der Waals surface area contributed by atoms with Crippen molar-refractivity contribution in [3.8, 4) is 11.8 Å². The van der Waals surface area contributed by atoms with Gasteiger partial charge in [0.05, 0.1) is 0 Å². The fourth-order valence-electron chi connectivity index (χ4n) is 0.315. The van der Waals surface area contributed by atoms with E-state index >= 15 is 0 Å². The van der Waals surface area contributed by atoms with Crippen LogP contribution in [0, 0.1) is 17.8 Å². The van der Waals surface area contributed by atoms with Gasteiger partial charge in [-0.3, -0.25) is 0 Å². The van der Waals surface area contributed by atoms with E-state index < -0.39 is 6.10 Å². The van der Waals surface area contributed by atoms with E-state index in [1.807, 2.05) is 13.8 Å². The molecule has 1 heteroatoms. The van der Waals surface area contributed by atoms with Crippen LogP contribution in [0.2, 0.25) is 0 Å². The van der Waals surface area contributed by atoms with E-state index in [2.05, 4.69) is 11.8 Å². The summed E-state index contributed by atoms with van der Waals surface area (Å²) in [5.74, 6) is 5.55. The summed E-state index contributed by atoms with van der Waals surface area (Å²) in [4.78, 5) is 0. The number of rotatable bonds is 1. The maximum atomic E-state index is 8.95. The van der Waals surface area contributed by atoms with Crippen molar-refractivity contribution in [3.05, 3.63) is 0 Å². The second-order valence-electron chi connectivity index (χ2n) is 2.08. The van der Waals surface area contributed by atoms with Crippen LogP contribution in [-0.4, -0.2) is 11.2 Å². The van der Waals surface area contributed by atoms with Gasteiger partial charge in [-0.1, -0.05) is 19.8 Å². The van der Waals surface area contributed by atoms with Crippen molar-refractivity contribution in [2.45, 2.75) is 26.9 Å². The summed E-state index contributed by atoms with van der Waals surface area (Å²) in [7, 11) is 0. The normalized spacial score (nSPS) is 12.6. The largest absolute Gasteiger partial charge is 0.380 e. The van der Waals surface area contributed by atoms with E-state index in [1.165, 1.54) is 0 Å². The van der Waals surface area contributed by atoms with Crippen LogP contribution in [0.25, 0.3) is 0 Å². The summed E-state index contributed by atoms with van der Waals surface area (Å²) < 4.78 is 0. The molecule has 1 N–H and O–H groups in total. The summed E-state index contributed by atoms with van der Waals surface area (Å²) in [6, 6.07) is 0. The van der Waals surface area contributed by atoms with E-state index in [0.29, 0.717) is 0 Å². The maximum Gasteiger partial charge on any atom is 0.117 e. The van der Waals surface area contributed by atoms with Gasteiger partial charge in [0, 0.05) is 0 Å². The molecule has 0 aromatic heterocycles. The lowest BCUT2D eigenvalue weighted by molar-refractivity contribution is 0.181. The van der Waals surface area contributed by atoms with Crippen LogP contribution in [0.15, 0.2) is 0 Å². The standard InChI is InChI=1S/C7H12O/c1-4-5-7(8)6(2)3/h6-8H,1-3H3. The molecule has 0 aromatic rings. The summed E-state index contributed by atoms with van der Waals surface area (Å²) >= 11 is 0. The average molecular weight is 112 g/mol. The molecule has 8 heavy (non-hydrogen) atoms. The fraction of sp³-hybridized carbons (Fsp3) is 0.714. The Hall–Kier alpha value is -0.480. The zero-order chi connectivity index (χ0) is 6.57. The highest BCUT2D eigenvalue weighted by atomic mass is 16.3. The minimum atomic E-state index is -0.444. The summed E-state index contributed by atoms with van der Waals surface area (Å²) in [5.41, 5.74) is 0. The molecule has 0 bridgehead atoms. The first kappa shape index (κ1) is 7.52. The van der Waals surface area contributed by atoms with Gasteiger partial charge in [0.1, 0.15) is 6.10 Å². The zero-order valence-corrected chi connectivity index (χ0v) is 5.60. The van der Waals surface area contributed by atoms with Crippen molar-refractivity contribution in [2.75, 3.05) is 0 Å². The van der Waals surface area contributed by atoms with Gasteiger partial charge >= 0.3 is 0 Å². The Balaban J connectivity index is 3.58. The Morgan fingerprint density at radius 3 is 2.00 bits per heavy atom. The molecule has 1 unspecified atom stereocenters. The predicted molar refractivity (Wildman–Crippen MR) is 34.3 cm³/mol. The van der Waals surface area contributed by atoms with Crippen LogP contribution in [0.4, 0.5) is 0 Å². The molecule has 0 aliphatic rings. The highest BCUT2D eigenvalue weighted by Crippen LogP contribution is 1.97. The van der Waals surface area contributed by atoms with Crippen LogP contribution in [0.5, 0.6) is 0 Å². The van der Waals surface area contributed by atoms with Crippen LogP contribution < -0.4 is 0 Å². The van der Waals surface area contributed by atoms with Gasteiger partial charge in [0.15, 0.2) is 0 Å². The zero-order valence-electron chi connectivity index (χ0n) is 5.60. The van der Waals surface area contributed by atoms with Crippen LogP contribution in [0.1, 0.15) is 20.8 Å². The lowest BCUT2D eigenvalue weighted by Crippen LogP contribution is -2.10. The summed E-state index contributed by atoms with van der Waals surface area (Å²) in [6.45, 7) is 5.61. The molecule has 0 rings (SSSR count). The topological polar surface area (TPSA) is 20.2 Å². The quantitative estimate of drug-likeness (QED) is 0.502. The molecule has 0 amide bonds. The molecule has 0 fully saturated rings. The molecule has 0 saturated carbocycles. The summed E-state index contributed by atoms with van der Waals surface area (Å²) in [5, 5.41) is 8.95. The van der Waals surface area contributed by atoms with Gasteiger partial charge in [-0.25, -0.2) is 0 Å². The second-order valence-corrected chi connectivity index (χ2v) is 2.08. The number of aliphatic hydroxyl groups excluding tert-OH is 1. The molecule has 0 aliphatic heterocycles. The first-order valence-electron chi connectivity index (χ1n) is 2.78. The van der Waals surface area contributed by atoms with Crippen LogP contribution in [-0.2, 0) is 0 Å². The van der Waals surface area contributed by atoms with Crippen LogP contribution >= 0.6 is 0 Å². The lowest BCUT2D eigenvalue weighted by Gasteiger charge is -2.04. The van der Waals surface area contributed by atoms with Gasteiger partial charge in [-0.2, -0.15) is 0 Å². The minimum absolute atomic E-state index is 0.252. The highest BCUT2D eigenvalue weighted by Gasteiger charge is 2.02. The first-order valence-corrected chi connectivity index (χ1v) is 2.78. The Morgan fingerprint density at radius 1 is 1.38 bits per heavy atom. The van der Waals surface area contributed by atoms with Crippen molar-refractivity contribution < 1.29 is 5.11 Å². The molecule has 46 valence electrons. The third-order valence-corrected chi connectivity index (χ3v) is 0.924. The van der Waals surface area contributed by atoms with Gasteiger partial charge in [0.2, 0.25) is 0 Å². The van der Waals surface area contributed by atoms with E-state index in [-0.39, 0.29) is 5.92 Å². The Bertz CT molecular complexity index is 105. The Morgan fingerprint density at radius 2 is 1.88 bits per heavy atom. The van der Waals surface area contributed by atoms with E-state index in [9.17, 15) is 0 Å². The minimum Gasteiger partial charge on any atom is -0.380 e. The third-order valence-electron chi connectivity index (χ3n) is 0.924. The van der Waals surface area contributed by atoms with Gasteiger partial charge in [-0.05, 0) is 12.8 Å². The van der Waals surface area contributed by atoms with Crippen molar-refractivity contribution in [1.82, 2.24) is 0 Å². The SMILES string of the molecule is CC#CC(O)C(C)C. The van der Waals surface area contributed by atoms with Crippen molar-refractivity contribution in [1.29, 1.82) is 0 Å². The Labute approximate surface area is 50.7 Å². The molecule has 0 aliphatic carbocycles. The Kier molecular flexibility index (Phi) is 3.30. The molecule has 0 radical (unpaired) electrons. The smallest absolute Gasteiger partial charge is 0.117 e. The second kappa shape index (κ2) is 3.51. The van der Waals surface area contributed by atoms with E-state index in [0.717, 1.165) is 0 Å². The number of hydrogen-bond donors (Lipinski definition) is 1. The molecular weight excluding hydrogens is 100 g/mol. The lowest BCUT2D eigenvalue weighted by atomic mass is 10.1. The molecule has 1 nitrogen and oxygen atoms in total. The molecule has 0 saturated heterocycles. The molecule has 0 spiro atoms. The van der Waals surface area contributed by atoms with Gasteiger partial charge in [0.25, 0.3) is 0 Å². The van der Waals surface area contributed by atoms with Crippen molar-refractivity contribution in [3.63, 3.8) is 0 Å². The summed E-state index contributed by atoms with van der Waals surface area (Å²) in [6.07, 6.45) is -0.444. The van der Waals surface area contributed by atoms with Crippen molar-refractivity contribution in [2.24, 2.45) is 5.92 Å². The van der Waals surface area contributed by atoms with Crippen LogP contribution in [0.3, 0.4) is 0 Å². The fourth-order valence-corrected chi connectivity index (χ4v) is 0.315. The first-order chi connectivity index (χ1) is 3.68. The predicted octanol–water partition coefficient (Wildman–Crippen LogP) is 1.03. The van der Waals surface area contributed by atoms with Gasteiger partial charge < -0.3 is 5.11 Å². The van der Waals surface area contributed by atoms with Gasteiger partial charge in [-0.15, -0.1) is 5.92 Å². The monoisotopic (exact) mass is 112 g/mol. The number of hydrogen-bond acceptors (Lipinski definition) is 1.